The Kier molecular flexibility index (Phi) is 4.86. The molecule has 25 heavy (non-hydrogen) atoms. The third-order valence-electron chi connectivity index (χ3n) is 3.69. The van der Waals surface area contributed by atoms with Gasteiger partial charge in [0.05, 0.1) is 0 Å². The molecule has 0 unspecified atom stereocenters. The molecule has 0 aliphatic heterocycles. The van der Waals surface area contributed by atoms with Gasteiger partial charge < -0.3 is 15.3 Å². The summed E-state index contributed by atoms with van der Waals surface area (Å²) in [6.45, 7) is 0. The Morgan fingerprint density at radius 2 is 0.760 bits per heavy atom. The summed E-state index contributed by atoms with van der Waals surface area (Å²) in [7, 11) is 0. The molecule has 0 heterocycles. The van der Waals surface area contributed by atoms with E-state index in [-0.39, 0.29) is 17.2 Å². The molecule has 3 rings (SSSR count). The van der Waals surface area contributed by atoms with Gasteiger partial charge in [0.1, 0.15) is 17.2 Å². The summed E-state index contributed by atoms with van der Waals surface area (Å²) in [5.41, 5.74) is 3.67. The standard InChI is InChI=1S/C22H18O3/c23-20-9-5-16(6-10-20)1-3-18-13-19(15-22(25)14-18)4-2-17-7-11-21(24)12-8-17/h1-15,23-25H/b3-1+,4-2+. The molecule has 0 aliphatic rings. The van der Waals surface area contributed by atoms with E-state index in [9.17, 15) is 15.3 Å². The highest BCUT2D eigenvalue weighted by Crippen LogP contribution is 2.21. The van der Waals surface area contributed by atoms with Crippen LogP contribution in [0.2, 0.25) is 0 Å². The lowest BCUT2D eigenvalue weighted by molar-refractivity contribution is 0.474. The van der Waals surface area contributed by atoms with E-state index in [1.54, 1.807) is 36.4 Å². The van der Waals surface area contributed by atoms with Crippen molar-refractivity contribution in [2.45, 2.75) is 0 Å². The van der Waals surface area contributed by atoms with Crippen LogP contribution in [-0.2, 0) is 0 Å². The number of phenols is 3. The van der Waals surface area contributed by atoms with Crippen LogP contribution in [-0.4, -0.2) is 15.3 Å². The van der Waals surface area contributed by atoms with Gasteiger partial charge in [-0.3, -0.25) is 0 Å². The smallest absolute Gasteiger partial charge is 0.116 e. The summed E-state index contributed by atoms with van der Waals surface area (Å²) in [6, 6.07) is 19.2. The van der Waals surface area contributed by atoms with Crippen molar-refractivity contribution in [1.29, 1.82) is 0 Å². The molecule has 0 aliphatic carbocycles. The van der Waals surface area contributed by atoms with Crippen molar-refractivity contribution in [2.75, 3.05) is 0 Å². The first-order valence-electron chi connectivity index (χ1n) is 7.87. The summed E-state index contributed by atoms with van der Waals surface area (Å²) in [5.74, 6) is 0.658. The Balaban J connectivity index is 1.80. The zero-order chi connectivity index (χ0) is 17.6. The number of aromatic hydroxyl groups is 3. The number of phenolic OH excluding ortho intramolecular Hbond substituents is 3. The Bertz CT molecular complexity index is 831. The maximum atomic E-state index is 9.93. The largest absolute Gasteiger partial charge is 0.508 e. The van der Waals surface area contributed by atoms with Gasteiger partial charge in [0.2, 0.25) is 0 Å². The second-order valence-corrected chi connectivity index (χ2v) is 5.71. The Morgan fingerprint density at radius 3 is 1.16 bits per heavy atom. The molecule has 3 aromatic rings. The number of hydrogen-bond acceptors (Lipinski definition) is 3. The molecule has 0 bridgehead atoms. The molecule has 3 N–H and O–H groups in total. The van der Waals surface area contributed by atoms with E-state index in [0.717, 1.165) is 22.3 Å². The zero-order valence-electron chi connectivity index (χ0n) is 13.5. The second-order valence-electron chi connectivity index (χ2n) is 5.71. The van der Waals surface area contributed by atoms with Crippen LogP contribution in [0.1, 0.15) is 22.3 Å². The molecular weight excluding hydrogens is 312 g/mol. The molecule has 0 atom stereocenters. The minimum Gasteiger partial charge on any atom is -0.508 e. The van der Waals surface area contributed by atoms with Crippen LogP contribution < -0.4 is 0 Å². The van der Waals surface area contributed by atoms with Crippen molar-refractivity contribution >= 4 is 24.3 Å². The van der Waals surface area contributed by atoms with E-state index in [2.05, 4.69) is 0 Å². The summed E-state index contributed by atoms with van der Waals surface area (Å²) in [5, 5.41) is 28.5. The third-order valence-corrected chi connectivity index (χ3v) is 3.69. The Labute approximate surface area is 146 Å². The minimum absolute atomic E-state index is 0.193. The van der Waals surface area contributed by atoms with E-state index < -0.39 is 0 Å². The molecule has 0 amide bonds. The normalized spacial score (nSPS) is 11.4. The lowest BCUT2D eigenvalue weighted by Gasteiger charge is -2.01. The highest BCUT2D eigenvalue weighted by atomic mass is 16.3. The van der Waals surface area contributed by atoms with Crippen LogP contribution in [0, 0.1) is 0 Å². The molecule has 0 saturated heterocycles. The van der Waals surface area contributed by atoms with E-state index in [4.69, 9.17) is 0 Å². The third kappa shape index (κ3) is 4.75. The van der Waals surface area contributed by atoms with Gasteiger partial charge in [-0.25, -0.2) is 0 Å². The zero-order valence-corrected chi connectivity index (χ0v) is 13.5. The molecular formula is C22H18O3. The van der Waals surface area contributed by atoms with E-state index in [1.807, 2.05) is 54.6 Å². The van der Waals surface area contributed by atoms with Gasteiger partial charge in [0.25, 0.3) is 0 Å². The second kappa shape index (κ2) is 7.41. The maximum absolute atomic E-state index is 9.93. The minimum atomic E-state index is 0.193. The summed E-state index contributed by atoms with van der Waals surface area (Å²) in [4.78, 5) is 0. The molecule has 3 aromatic carbocycles. The van der Waals surface area contributed by atoms with Gasteiger partial charge in [-0.1, -0.05) is 48.6 Å². The molecule has 0 saturated carbocycles. The van der Waals surface area contributed by atoms with Gasteiger partial charge in [0, 0.05) is 0 Å². The molecule has 0 fully saturated rings. The first kappa shape index (κ1) is 16.4. The van der Waals surface area contributed by atoms with Crippen LogP contribution in [0.3, 0.4) is 0 Å². The summed E-state index contributed by atoms with van der Waals surface area (Å²) in [6.07, 6.45) is 7.65. The lowest BCUT2D eigenvalue weighted by Crippen LogP contribution is -1.78. The van der Waals surface area contributed by atoms with Crippen LogP contribution in [0.4, 0.5) is 0 Å². The molecule has 124 valence electrons. The fourth-order valence-corrected chi connectivity index (χ4v) is 2.41. The average Bonchev–Trinajstić information content (AvgIpc) is 2.60. The number of hydrogen-bond donors (Lipinski definition) is 3. The van der Waals surface area contributed by atoms with Crippen molar-refractivity contribution in [3.05, 3.63) is 89.0 Å². The molecule has 0 aromatic heterocycles. The topological polar surface area (TPSA) is 60.7 Å². The molecule has 0 radical (unpaired) electrons. The first-order chi connectivity index (χ1) is 12.1. The van der Waals surface area contributed by atoms with Crippen molar-refractivity contribution in [2.24, 2.45) is 0 Å². The number of benzene rings is 3. The average molecular weight is 330 g/mol. The predicted octanol–water partition coefficient (Wildman–Crippen LogP) is 5.14. The SMILES string of the molecule is Oc1ccc(/C=C/c2cc(O)cc(/C=C/c3ccc(O)cc3)c2)cc1. The van der Waals surface area contributed by atoms with Crippen molar-refractivity contribution < 1.29 is 15.3 Å². The van der Waals surface area contributed by atoms with Crippen molar-refractivity contribution in [3.8, 4) is 17.2 Å². The first-order valence-corrected chi connectivity index (χ1v) is 7.87. The van der Waals surface area contributed by atoms with E-state index in [0.29, 0.717) is 0 Å². The fraction of sp³-hybridized carbons (Fsp3) is 0. The fourth-order valence-electron chi connectivity index (χ4n) is 2.41. The van der Waals surface area contributed by atoms with Gasteiger partial charge >= 0.3 is 0 Å². The molecule has 0 spiro atoms. The summed E-state index contributed by atoms with van der Waals surface area (Å²) >= 11 is 0. The van der Waals surface area contributed by atoms with Crippen LogP contribution >= 0.6 is 0 Å². The molecule has 3 heteroatoms. The maximum Gasteiger partial charge on any atom is 0.116 e. The Morgan fingerprint density at radius 1 is 0.400 bits per heavy atom. The van der Waals surface area contributed by atoms with E-state index in [1.165, 1.54) is 0 Å². The van der Waals surface area contributed by atoms with Gasteiger partial charge in [-0.15, -0.1) is 0 Å². The van der Waals surface area contributed by atoms with Gasteiger partial charge in [-0.05, 0) is 64.7 Å². The quantitative estimate of drug-likeness (QED) is 0.580. The highest BCUT2D eigenvalue weighted by Gasteiger charge is 1.97. The monoisotopic (exact) mass is 330 g/mol. The Hall–Kier alpha value is -3.46. The highest BCUT2D eigenvalue weighted by molar-refractivity contribution is 5.75. The van der Waals surface area contributed by atoms with Crippen LogP contribution in [0.15, 0.2) is 66.7 Å². The van der Waals surface area contributed by atoms with Gasteiger partial charge in [-0.2, -0.15) is 0 Å². The van der Waals surface area contributed by atoms with Crippen LogP contribution in [0.5, 0.6) is 17.2 Å². The summed E-state index contributed by atoms with van der Waals surface area (Å²) < 4.78 is 0. The number of rotatable bonds is 4. The van der Waals surface area contributed by atoms with E-state index >= 15 is 0 Å². The van der Waals surface area contributed by atoms with Crippen molar-refractivity contribution in [1.82, 2.24) is 0 Å². The lowest BCUT2D eigenvalue weighted by atomic mass is 10.1. The molecule has 3 nitrogen and oxygen atoms in total. The van der Waals surface area contributed by atoms with Gasteiger partial charge in [0.15, 0.2) is 0 Å². The predicted molar refractivity (Wildman–Crippen MR) is 102 cm³/mol. The van der Waals surface area contributed by atoms with Crippen LogP contribution in [0.25, 0.3) is 24.3 Å². The van der Waals surface area contributed by atoms with Crippen molar-refractivity contribution in [3.63, 3.8) is 0 Å².